The number of rotatable bonds is 2. The first-order valence-corrected chi connectivity index (χ1v) is 6.16. The normalized spacial score (nSPS) is 23.3. The van der Waals surface area contributed by atoms with E-state index in [9.17, 15) is 10.0 Å². The quantitative estimate of drug-likeness (QED) is 0.864. The highest BCUT2D eigenvalue weighted by atomic mass is 16.5. The van der Waals surface area contributed by atoms with Gasteiger partial charge in [0.05, 0.1) is 12.0 Å². The van der Waals surface area contributed by atoms with E-state index in [1.54, 1.807) is 0 Å². The van der Waals surface area contributed by atoms with Crippen LogP contribution in [-0.4, -0.2) is 16.3 Å². The van der Waals surface area contributed by atoms with Gasteiger partial charge in [-0.1, -0.05) is 65.8 Å². The van der Waals surface area contributed by atoms with Crippen molar-refractivity contribution < 1.29 is 10.0 Å². The van der Waals surface area contributed by atoms with E-state index in [2.05, 4.69) is 5.43 Å². The highest BCUT2D eigenvalue weighted by molar-refractivity contribution is 5.86. The minimum absolute atomic E-state index is 0.192. The molecule has 1 aliphatic rings. The number of carbonyl (C=O) groups is 1. The minimum Gasteiger partial charge on any atom is -0.294 e. The predicted molar refractivity (Wildman–Crippen MR) is 70.1 cm³/mol. The Hall–Kier alpha value is -2.17. The fourth-order valence-corrected chi connectivity index (χ4v) is 2.51. The standard InChI is InChI=1S/C15H14N2O2/c18-15-13(11-7-3-1-4-8-11)14(17(19)16-15)12-9-5-2-6-10-12/h1-10,13-14,19H,(H,16,18)/t13-,14+/m0/s1. The first-order chi connectivity index (χ1) is 9.27. The number of amides is 1. The first-order valence-electron chi connectivity index (χ1n) is 6.16. The van der Waals surface area contributed by atoms with Gasteiger partial charge in [-0.2, -0.15) is 0 Å². The van der Waals surface area contributed by atoms with Crippen LogP contribution in [0.2, 0.25) is 0 Å². The molecule has 1 heterocycles. The maximum absolute atomic E-state index is 12.1. The summed E-state index contributed by atoms with van der Waals surface area (Å²) in [6.07, 6.45) is 0. The monoisotopic (exact) mass is 254 g/mol. The molecule has 1 amide bonds. The molecule has 2 aromatic carbocycles. The zero-order valence-corrected chi connectivity index (χ0v) is 10.2. The van der Waals surface area contributed by atoms with Crippen LogP contribution in [0.25, 0.3) is 0 Å². The summed E-state index contributed by atoms with van der Waals surface area (Å²) in [5.41, 5.74) is 4.26. The molecule has 0 spiro atoms. The third-order valence-corrected chi connectivity index (χ3v) is 3.39. The van der Waals surface area contributed by atoms with Crippen LogP contribution in [0.15, 0.2) is 60.7 Å². The van der Waals surface area contributed by atoms with E-state index >= 15 is 0 Å². The molecule has 0 aliphatic carbocycles. The minimum atomic E-state index is -0.409. The SMILES string of the molecule is O=C1NN(O)[C@H](c2ccccc2)[C@@H]1c1ccccc1. The third-order valence-electron chi connectivity index (χ3n) is 3.39. The average Bonchev–Trinajstić information content (AvgIpc) is 2.75. The Bertz CT molecular complexity index is 571. The van der Waals surface area contributed by atoms with E-state index in [0.717, 1.165) is 16.3 Å². The van der Waals surface area contributed by atoms with Gasteiger partial charge in [0.1, 0.15) is 0 Å². The van der Waals surface area contributed by atoms with Crippen molar-refractivity contribution in [2.75, 3.05) is 0 Å². The fourth-order valence-electron chi connectivity index (χ4n) is 2.51. The zero-order valence-electron chi connectivity index (χ0n) is 10.2. The lowest BCUT2D eigenvalue weighted by Crippen LogP contribution is -2.31. The molecule has 2 atom stereocenters. The number of hydrogen-bond donors (Lipinski definition) is 2. The van der Waals surface area contributed by atoms with Crippen LogP contribution >= 0.6 is 0 Å². The third kappa shape index (κ3) is 2.12. The predicted octanol–water partition coefficient (Wildman–Crippen LogP) is 2.25. The van der Waals surface area contributed by atoms with Gasteiger partial charge in [0, 0.05) is 0 Å². The second-order valence-corrected chi connectivity index (χ2v) is 4.56. The number of hydrogen-bond acceptors (Lipinski definition) is 3. The smallest absolute Gasteiger partial charge is 0.245 e. The molecule has 1 fully saturated rings. The number of nitrogens with one attached hydrogen (secondary N) is 1. The number of hydroxylamine groups is 1. The van der Waals surface area contributed by atoms with Crippen molar-refractivity contribution in [3.05, 3.63) is 71.8 Å². The fraction of sp³-hybridized carbons (Fsp3) is 0.133. The van der Waals surface area contributed by atoms with Crippen molar-refractivity contribution >= 4 is 5.91 Å². The maximum atomic E-state index is 12.1. The summed E-state index contributed by atoms with van der Waals surface area (Å²) in [5.74, 6) is -0.601. The molecule has 3 rings (SSSR count). The highest BCUT2D eigenvalue weighted by Crippen LogP contribution is 2.38. The Balaban J connectivity index is 2.03. The number of nitrogens with zero attached hydrogens (tertiary/aromatic N) is 1. The molecular weight excluding hydrogens is 240 g/mol. The zero-order chi connectivity index (χ0) is 13.2. The van der Waals surface area contributed by atoms with Crippen LogP contribution in [0.5, 0.6) is 0 Å². The molecule has 0 saturated carbocycles. The molecule has 1 saturated heterocycles. The van der Waals surface area contributed by atoms with E-state index in [1.165, 1.54) is 0 Å². The van der Waals surface area contributed by atoms with Crippen LogP contribution in [0, 0.1) is 0 Å². The Labute approximate surface area is 111 Å². The Morgan fingerprint density at radius 1 is 0.895 bits per heavy atom. The van der Waals surface area contributed by atoms with Gasteiger partial charge in [-0.3, -0.25) is 15.4 Å². The number of carbonyl (C=O) groups excluding carboxylic acids is 1. The molecule has 0 aromatic heterocycles. The van der Waals surface area contributed by atoms with Crippen molar-refractivity contribution in [1.29, 1.82) is 0 Å². The molecule has 96 valence electrons. The van der Waals surface area contributed by atoms with E-state index in [0.29, 0.717) is 0 Å². The van der Waals surface area contributed by atoms with Gasteiger partial charge in [-0.15, -0.1) is 0 Å². The number of benzene rings is 2. The van der Waals surface area contributed by atoms with Gasteiger partial charge in [-0.05, 0) is 11.1 Å². The lowest BCUT2D eigenvalue weighted by atomic mass is 9.88. The van der Waals surface area contributed by atoms with Crippen LogP contribution < -0.4 is 5.43 Å². The molecule has 4 heteroatoms. The van der Waals surface area contributed by atoms with Crippen molar-refractivity contribution in [3.63, 3.8) is 0 Å². The van der Waals surface area contributed by atoms with Gasteiger partial charge < -0.3 is 0 Å². The van der Waals surface area contributed by atoms with Gasteiger partial charge in [-0.25, -0.2) is 0 Å². The molecule has 1 aliphatic heterocycles. The van der Waals surface area contributed by atoms with Crippen molar-refractivity contribution in [2.24, 2.45) is 0 Å². The summed E-state index contributed by atoms with van der Waals surface area (Å²) >= 11 is 0. The lowest BCUT2D eigenvalue weighted by Gasteiger charge is -2.21. The highest BCUT2D eigenvalue weighted by Gasteiger charge is 2.42. The lowest BCUT2D eigenvalue weighted by molar-refractivity contribution is -0.155. The van der Waals surface area contributed by atoms with Crippen LogP contribution in [0.4, 0.5) is 0 Å². The first kappa shape index (κ1) is 11.9. The van der Waals surface area contributed by atoms with Gasteiger partial charge >= 0.3 is 0 Å². The van der Waals surface area contributed by atoms with Crippen molar-refractivity contribution in [2.45, 2.75) is 12.0 Å². The summed E-state index contributed by atoms with van der Waals surface area (Å²) in [7, 11) is 0. The van der Waals surface area contributed by atoms with Gasteiger partial charge in [0.25, 0.3) is 0 Å². The second kappa shape index (κ2) is 4.84. The molecule has 19 heavy (non-hydrogen) atoms. The Morgan fingerprint density at radius 3 is 2.00 bits per heavy atom. The summed E-state index contributed by atoms with van der Waals surface area (Å²) in [6, 6.07) is 18.6. The molecular formula is C15H14N2O2. The van der Waals surface area contributed by atoms with Crippen LogP contribution in [0.3, 0.4) is 0 Å². The van der Waals surface area contributed by atoms with Crippen LogP contribution in [0.1, 0.15) is 23.1 Å². The summed E-state index contributed by atoms with van der Waals surface area (Å²) in [6.45, 7) is 0. The summed E-state index contributed by atoms with van der Waals surface area (Å²) in [5, 5.41) is 10.8. The Morgan fingerprint density at radius 2 is 1.42 bits per heavy atom. The number of hydrazine groups is 1. The molecule has 0 bridgehead atoms. The summed E-state index contributed by atoms with van der Waals surface area (Å²) in [4.78, 5) is 12.1. The molecule has 2 N–H and O–H groups in total. The van der Waals surface area contributed by atoms with Crippen molar-refractivity contribution in [3.8, 4) is 0 Å². The molecule has 4 nitrogen and oxygen atoms in total. The second-order valence-electron chi connectivity index (χ2n) is 4.56. The maximum Gasteiger partial charge on any atom is 0.245 e. The van der Waals surface area contributed by atoms with Crippen molar-refractivity contribution in [1.82, 2.24) is 10.6 Å². The summed E-state index contributed by atoms with van der Waals surface area (Å²) < 4.78 is 0. The molecule has 2 aromatic rings. The van der Waals surface area contributed by atoms with Gasteiger partial charge in [0.15, 0.2) is 0 Å². The van der Waals surface area contributed by atoms with Crippen LogP contribution in [-0.2, 0) is 4.79 Å². The molecule has 0 radical (unpaired) electrons. The largest absolute Gasteiger partial charge is 0.294 e. The van der Waals surface area contributed by atoms with Gasteiger partial charge in [0.2, 0.25) is 5.91 Å². The van der Waals surface area contributed by atoms with E-state index in [-0.39, 0.29) is 5.91 Å². The topological polar surface area (TPSA) is 52.6 Å². The van der Waals surface area contributed by atoms with E-state index in [1.807, 2.05) is 60.7 Å². The average molecular weight is 254 g/mol. The molecule has 0 unspecified atom stereocenters. The van der Waals surface area contributed by atoms with E-state index in [4.69, 9.17) is 0 Å². The van der Waals surface area contributed by atoms with E-state index < -0.39 is 12.0 Å². The Kier molecular flexibility index (Phi) is 3.03.